The van der Waals surface area contributed by atoms with Gasteiger partial charge in [-0.3, -0.25) is 34.2 Å². The van der Waals surface area contributed by atoms with Crippen LogP contribution in [-0.4, -0.2) is 90.9 Å². The van der Waals surface area contributed by atoms with E-state index < -0.39 is 69.9 Å². The molecule has 0 bridgehead atoms. The van der Waals surface area contributed by atoms with E-state index in [2.05, 4.69) is 0 Å². The van der Waals surface area contributed by atoms with Crippen molar-refractivity contribution in [2.45, 2.75) is 58.1 Å². The molecule has 0 fully saturated rings. The largest absolute Gasteiger partial charge is 0.510 e. The van der Waals surface area contributed by atoms with Crippen LogP contribution in [0.25, 0.3) is 0 Å². The zero-order valence-corrected chi connectivity index (χ0v) is 25.6. The number of benzene rings is 1. The lowest BCUT2D eigenvalue weighted by Crippen LogP contribution is -2.64. The van der Waals surface area contributed by atoms with Crippen molar-refractivity contribution in [1.82, 2.24) is 10.2 Å². The van der Waals surface area contributed by atoms with Gasteiger partial charge in [0.2, 0.25) is 11.7 Å². The van der Waals surface area contributed by atoms with Crippen molar-refractivity contribution in [1.29, 1.82) is 0 Å². The van der Waals surface area contributed by atoms with E-state index in [-0.39, 0.29) is 17.6 Å². The van der Waals surface area contributed by atoms with Crippen LogP contribution in [0, 0.1) is 11.8 Å². The minimum atomic E-state index is -2.68. The number of Topliss-reactive ketones (excluding diaryl/α,β-unsaturated/α-hetero) is 2. The van der Waals surface area contributed by atoms with Gasteiger partial charge in [-0.15, -0.1) is 0 Å². The molecule has 0 spiro atoms. The second-order valence-electron chi connectivity index (χ2n) is 11.7. The van der Waals surface area contributed by atoms with Crippen LogP contribution in [0.4, 0.5) is 5.69 Å². The first kappa shape index (κ1) is 31.9. The number of nitrogens with one attached hydrogen (secondary N) is 1. The number of nitrogens with zero attached hydrogens (tertiary/aromatic N) is 2. The van der Waals surface area contributed by atoms with Crippen molar-refractivity contribution in [2.24, 2.45) is 11.8 Å². The molecule has 12 heteroatoms. The molecule has 4 atom stereocenters. The normalized spacial score (nSPS) is 24.7. The second-order valence-corrected chi connectivity index (χ2v) is 11.7. The summed E-state index contributed by atoms with van der Waals surface area (Å²) in [6.45, 7) is 4.51. The molecule has 0 aliphatic heterocycles. The third kappa shape index (κ3) is 5.33. The van der Waals surface area contributed by atoms with Crippen LogP contribution in [0.3, 0.4) is 0 Å². The number of amides is 2. The number of aliphatic hydroxyl groups is 2. The topological polar surface area (TPSA) is 163 Å². The summed E-state index contributed by atoms with van der Waals surface area (Å²) >= 11 is 0. The van der Waals surface area contributed by atoms with Crippen LogP contribution in [0.15, 0.2) is 34.8 Å². The molecule has 4 rings (SSSR count). The van der Waals surface area contributed by atoms with Crippen molar-refractivity contribution in [3.05, 3.63) is 45.9 Å². The summed E-state index contributed by atoms with van der Waals surface area (Å²) in [6, 6.07) is 2.47. The first-order valence-electron chi connectivity index (χ1n) is 14.3. The average Bonchev–Trinajstić information content (AvgIpc) is 2.89. The summed E-state index contributed by atoms with van der Waals surface area (Å²) in [5, 5.41) is 25.6. The lowest BCUT2D eigenvalue weighted by molar-refractivity contribution is -0.156. The molecule has 43 heavy (non-hydrogen) atoms. The predicted octanol–water partition coefficient (Wildman–Crippen LogP) is 1.84. The first-order chi connectivity index (χ1) is 20.2. The van der Waals surface area contributed by atoms with Gasteiger partial charge in [-0.1, -0.05) is 13.3 Å². The summed E-state index contributed by atoms with van der Waals surface area (Å²) < 4.78 is 11.6. The Morgan fingerprint density at radius 3 is 2.35 bits per heavy atom. The van der Waals surface area contributed by atoms with Gasteiger partial charge in [0.15, 0.2) is 17.1 Å². The minimum Gasteiger partial charge on any atom is -0.510 e. The molecule has 0 heterocycles. The summed E-state index contributed by atoms with van der Waals surface area (Å²) in [5.74, 6) is -7.32. The average molecular weight is 598 g/mol. The second kappa shape index (κ2) is 11.9. The Bertz CT molecular complexity index is 1460. The maximum Gasteiger partial charge on any atom is 0.307 e. The molecule has 3 aliphatic rings. The van der Waals surface area contributed by atoms with E-state index >= 15 is 0 Å². The summed E-state index contributed by atoms with van der Waals surface area (Å²) in [6.07, 6.45) is 1.96. The predicted molar refractivity (Wildman–Crippen MR) is 156 cm³/mol. The molecular weight excluding hydrogens is 558 g/mol. The van der Waals surface area contributed by atoms with Crippen molar-refractivity contribution in [3.8, 4) is 5.75 Å². The number of hydrogen-bond acceptors (Lipinski definition) is 11. The fourth-order valence-corrected chi connectivity index (χ4v) is 6.54. The van der Waals surface area contributed by atoms with Gasteiger partial charge >= 0.3 is 5.97 Å². The van der Waals surface area contributed by atoms with E-state index in [4.69, 9.17) is 9.47 Å². The number of unbranched alkanes of at least 4 members (excludes halogenated alkanes) is 1. The van der Waals surface area contributed by atoms with Crippen molar-refractivity contribution < 1.29 is 43.7 Å². The van der Waals surface area contributed by atoms with Gasteiger partial charge in [-0.05, 0) is 57.0 Å². The summed E-state index contributed by atoms with van der Waals surface area (Å²) in [4.78, 5) is 69.1. The van der Waals surface area contributed by atoms with Crippen LogP contribution in [0.2, 0.25) is 0 Å². The fraction of sp³-hybridized carbons (Fsp3) is 0.516. The standard InChI is InChI=1S/C31H39N3O9/c1-8-9-12-42-21-11-10-20(33(4)5)18-13-17-14-19-25(34(6)7)27(38)24(30(40)32-15(2)35)28(39)31(19,41)29(43-16(3)36)22(17)26(37)23(18)21/h10-11,17,19,25,38,41H,8-9,12-14H2,1-7H3,(H,32,35,40). The number of likely N-dealkylation sites (N-methyl/N-ethyl adjacent to an activating group) is 1. The van der Waals surface area contributed by atoms with E-state index in [1.54, 1.807) is 20.2 Å². The van der Waals surface area contributed by atoms with Crippen molar-refractivity contribution in [2.75, 3.05) is 39.7 Å². The molecule has 0 saturated carbocycles. The van der Waals surface area contributed by atoms with E-state index in [0.717, 1.165) is 37.9 Å². The van der Waals surface area contributed by atoms with Gasteiger partial charge < -0.3 is 24.6 Å². The van der Waals surface area contributed by atoms with Crippen LogP contribution < -0.4 is 15.0 Å². The Hall–Kier alpha value is -4.03. The smallest absolute Gasteiger partial charge is 0.307 e. The number of ether oxygens (including phenoxy) is 2. The molecule has 12 nitrogen and oxygen atoms in total. The SMILES string of the molecule is CCCCOc1ccc(N(C)C)c2c1C(=O)C1=C(OC(C)=O)C3(O)C(=O)C(C(=O)NC(C)=O)=C(O)C(N(C)C)C3CC1C2. The monoisotopic (exact) mass is 597 g/mol. The summed E-state index contributed by atoms with van der Waals surface area (Å²) in [7, 11) is 6.89. The van der Waals surface area contributed by atoms with E-state index in [1.165, 1.54) is 4.90 Å². The number of carbonyl (C=O) groups is 5. The lowest BCUT2D eigenvalue weighted by Gasteiger charge is -2.51. The maximum atomic E-state index is 14.5. The summed E-state index contributed by atoms with van der Waals surface area (Å²) in [5.41, 5.74) is -1.84. The van der Waals surface area contributed by atoms with E-state index in [0.29, 0.717) is 18.8 Å². The van der Waals surface area contributed by atoms with Gasteiger partial charge in [-0.25, -0.2) is 0 Å². The van der Waals surface area contributed by atoms with Gasteiger partial charge in [-0.2, -0.15) is 0 Å². The number of ketones is 2. The van der Waals surface area contributed by atoms with Gasteiger partial charge in [0.05, 0.1) is 18.2 Å². The molecule has 3 N–H and O–H groups in total. The third-order valence-electron chi connectivity index (χ3n) is 8.29. The van der Waals surface area contributed by atoms with Crippen LogP contribution in [0.5, 0.6) is 5.75 Å². The van der Waals surface area contributed by atoms with Gasteiger partial charge in [0.1, 0.15) is 17.1 Å². The van der Waals surface area contributed by atoms with E-state index in [9.17, 15) is 34.2 Å². The van der Waals surface area contributed by atoms with E-state index in [1.807, 2.05) is 37.3 Å². The lowest BCUT2D eigenvalue weighted by atomic mass is 9.58. The molecule has 232 valence electrons. The third-order valence-corrected chi connectivity index (χ3v) is 8.29. The Morgan fingerprint density at radius 1 is 1.12 bits per heavy atom. The van der Waals surface area contributed by atoms with Gasteiger partial charge in [0.25, 0.3) is 5.91 Å². The quantitative estimate of drug-likeness (QED) is 0.228. The Morgan fingerprint density at radius 2 is 1.79 bits per heavy atom. The number of rotatable bonds is 8. The van der Waals surface area contributed by atoms with Crippen LogP contribution in [-0.2, 0) is 30.3 Å². The number of hydrogen-bond donors (Lipinski definition) is 3. The highest BCUT2D eigenvalue weighted by Crippen LogP contribution is 2.54. The Balaban J connectivity index is 2.01. The zero-order valence-electron chi connectivity index (χ0n) is 25.6. The molecule has 2 amide bonds. The number of anilines is 1. The number of carbonyl (C=O) groups excluding carboxylic acids is 5. The molecule has 1 aromatic carbocycles. The van der Waals surface area contributed by atoms with Crippen LogP contribution in [0.1, 0.15) is 56.0 Å². The molecule has 0 saturated heterocycles. The highest BCUT2D eigenvalue weighted by atomic mass is 16.5. The number of aliphatic hydroxyl groups excluding tert-OH is 1. The number of esters is 1. The first-order valence-corrected chi connectivity index (χ1v) is 14.3. The maximum absolute atomic E-state index is 14.5. The molecule has 4 unspecified atom stereocenters. The Labute approximate surface area is 250 Å². The molecule has 3 aliphatic carbocycles. The Kier molecular flexibility index (Phi) is 8.85. The number of imide groups is 1. The van der Waals surface area contributed by atoms with Crippen molar-refractivity contribution in [3.63, 3.8) is 0 Å². The molecule has 0 aromatic heterocycles. The highest BCUT2D eigenvalue weighted by molar-refractivity contribution is 6.27. The van der Waals surface area contributed by atoms with Gasteiger partial charge in [0, 0.05) is 45.1 Å². The minimum absolute atomic E-state index is 0.0375. The number of allylic oxidation sites excluding steroid dienone is 1. The zero-order chi connectivity index (χ0) is 32.0. The molecule has 0 radical (unpaired) electrons. The highest BCUT2D eigenvalue weighted by Gasteiger charge is 2.64. The number of fused-ring (bicyclic) bond motifs is 3. The van der Waals surface area contributed by atoms with Crippen LogP contribution >= 0.6 is 0 Å². The van der Waals surface area contributed by atoms with Crippen molar-refractivity contribution >= 4 is 35.0 Å². The fourth-order valence-electron chi connectivity index (χ4n) is 6.54. The molecule has 1 aromatic rings. The molecular formula is C31H39N3O9.